The number of para-hydroxylation sites is 2. The standard InChI is InChI=1S/C30H26F3N5O/c1-19-23(6-4-14-34-19)36-25-17-27-29(18-26(25)35-21-12-15-39-16-13-21)38(28-7-3-2-5-24(28)37-27)22-10-8-20(9-11-22)30(31,32)33/h2-11,14,17-18,21,36H,12-13,15-16H2,1H3/b35-26+. The summed E-state index contributed by atoms with van der Waals surface area (Å²) in [6, 6.07) is 20.7. The quantitative estimate of drug-likeness (QED) is 0.264. The summed E-state index contributed by atoms with van der Waals surface area (Å²) in [5.41, 5.74) is 5.34. The number of hydrogen-bond donors (Lipinski definition) is 1. The van der Waals surface area contributed by atoms with E-state index in [4.69, 9.17) is 14.7 Å². The van der Waals surface area contributed by atoms with Crippen LogP contribution in [-0.2, 0) is 10.9 Å². The third-order valence-electron chi connectivity index (χ3n) is 6.94. The number of halogens is 3. The molecule has 0 bridgehead atoms. The fourth-order valence-electron chi connectivity index (χ4n) is 4.90. The Labute approximate surface area is 223 Å². The van der Waals surface area contributed by atoms with E-state index in [2.05, 4.69) is 10.3 Å². The van der Waals surface area contributed by atoms with Gasteiger partial charge < -0.3 is 14.6 Å². The number of anilines is 2. The number of hydrogen-bond acceptors (Lipinski definition) is 5. The third-order valence-corrected chi connectivity index (χ3v) is 6.94. The lowest BCUT2D eigenvalue weighted by atomic mass is 10.1. The van der Waals surface area contributed by atoms with Gasteiger partial charge in [0.2, 0.25) is 0 Å². The number of rotatable bonds is 4. The molecular formula is C30H26F3N5O. The van der Waals surface area contributed by atoms with E-state index in [-0.39, 0.29) is 6.04 Å². The van der Waals surface area contributed by atoms with E-state index in [1.54, 1.807) is 6.20 Å². The van der Waals surface area contributed by atoms with Gasteiger partial charge in [-0.05, 0) is 80.4 Å². The van der Waals surface area contributed by atoms with Crippen molar-refractivity contribution < 1.29 is 17.9 Å². The molecule has 0 saturated carbocycles. The number of fused-ring (bicyclic) bond motifs is 2. The minimum absolute atomic E-state index is 0.0969. The zero-order valence-corrected chi connectivity index (χ0v) is 21.2. The highest BCUT2D eigenvalue weighted by atomic mass is 19.4. The van der Waals surface area contributed by atoms with Crippen molar-refractivity contribution in [3.63, 3.8) is 0 Å². The van der Waals surface area contributed by atoms with Gasteiger partial charge in [-0.2, -0.15) is 13.2 Å². The molecule has 1 aromatic heterocycles. The van der Waals surface area contributed by atoms with Crippen LogP contribution in [0.15, 0.2) is 84.0 Å². The number of nitrogens with zero attached hydrogens (tertiary/aromatic N) is 4. The van der Waals surface area contributed by atoms with E-state index >= 15 is 0 Å². The minimum Gasteiger partial charge on any atom is -0.381 e. The van der Waals surface area contributed by atoms with Gasteiger partial charge in [-0.15, -0.1) is 0 Å². The number of ether oxygens (including phenoxy) is 1. The Morgan fingerprint density at radius 2 is 1.72 bits per heavy atom. The molecule has 3 heterocycles. The molecule has 0 atom stereocenters. The van der Waals surface area contributed by atoms with E-state index in [1.807, 2.05) is 60.0 Å². The molecule has 0 radical (unpaired) electrons. The topological polar surface area (TPSA) is 64.3 Å². The van der Waals surface area contributed by atoms with Crippen molar-refractivity contribution in [1.82, 2.24) is 14.5 Å². The summed E-state index contributed by atoms with van der Waals surface area (Å²) in [7, 11) is 0. The molecule has 2 aromatic carbocycles. The van der Waals surface area contributed by atoms with Gasteiger partial charge in [0.05, 0.1) is 56.5 Å². The number of alkyl halides is 3. The molecule has 0 spiro atoms. The Kier molecular flexibility index (Phi) is 6.52. The van der Waals surface area contributed by atoms with Crippen molar-refractivity contribution in [3.8, 4) is 17.1 Å². The van der Waals surface area contributed by atoms with Crippen LogP contribution in [0.25, 0.3) is 28.1 Å². The van der Waals surface area contributed by atoms with E-state index < -0.39 is 11.7 Å². The Hall–Kier alpha value is -4.24. The normalized spacial score (nSPS) is 15.2. The molecule has 0 unspecified atom stereocenters. The summed E-state index contributed by atoms with van der Waals surface area (Å²) in [5.74, 6) is 0. The highest BCUT2D eigenvalue weighted by molar-refractivity contribution is 5.84. The van der Waals surface area contributed by atoms with Gasteiger partial charge in [0.25, 0.3) is 0 Å². The number of benzene rings is 3. The molecule has 198 valence electrons. The summed E-state index contributed by atoms with van der Waals surface area (Å²) in [4.78, 5) is 14.4. The highest BCUT2D eigenvalue weighted by Gasteiger charge is 2.30. The fourth-order valence-corrected chi connectivity index (χ4v) is 4.90. The van der Waals surface area contributed by atoms with Crippen molar-refractivity contribution in [1.29, 1.82) is 0 Å². The smallest absolute Gasteiger partial charge is 0.381 e. The Bertz CT molecular complexity index is 1670. The first kappa shape index (κ1) is 25.1. The van der Waals surface area contributed by atoms with Crippen molar-refractivity contribution in [2.75, 3.05) is 18.5 Å². The number of nitrogens with one attached hydrogen (secondary N) is 1. The molecule has 6 nitrogen and oxygen atoms in total. The number of aryl methyl sites for hydroxylation is 1. The maximum atomic E-state index is 13.3. The van der Waals surface area contributed by atoms with Gasteiger partial charge in [0, 0.05) is 25.1 Å². The van der Waals surface area contributed by atoms with Gasteiger partial charge in [0.1, 0.15) is 0 Å². The van der Waals surface area contributed by atoms with Gasteiger partial charge in [-0.3, -0.25) is 9.98 Å². The van der Waals surface area contributed by atoms with E-state index in [0.717, 1.165) is 64.1 Å². The van der Waals surface area contributed by atoms with Crippen LogP contribution < -0.4 is 10.7 Å². The summed E-state index contributed by atoms with van der Waals surface area (Å²) >= 11 is 0. The van der Waals surface area contributed by atoms with Crippen LogP contribution >= 0.6 is 0 Å². The lowest BCUT2D eigenvalue weighted by Gasteiger charge is -2.22. The van der Waals surface area contributed by atoms with Crippen molar-refractivity contribution in [3.05, 3.63) is 95.6 Å². The lowest BCUT2D eigenvalue weighted by Crippen LogP contribution is -2.23. The average Bonchev–Trinajstić information content (AvgIpc) is 2.93. The van der Waals surface area contributed by atoms with Gasteiger partial charge in [0.15, 0.2) is 0 Å². The molecule has 2 aliphatic heterocycles. The Balaban J connectivity index is 1.60. The van der Waals surface area contributed by atoms with Crippen molar-refractivity contribution in [2.24, 2.45) is 4.99 Å². The van der Waals surface area contributed by atoms with Crippen LogP contribution in [0.5, 0.6) is 0 Å². The molecule has 39 heavy (non-hydrogen) atoms. The average molecular weight is 530 g/mol. The molecular weight excluding hydrogens is 503 g/mol. The zero-order chi connectivity index (χ0) is 27.0. The van der Waals surface area contributed by atoms with Gasteiger partial charge in [-0.1, -0.05) is 12.1 Å². The first-order chi connectivity index (χ1) is 18.9. The second-order valence-corrected chi connectivity index (χ2v) is 9.57. The number of pyridine rings is 1. The van der Waals surface area contributed by atoms with Crippen LogP contribution in [0.2, 0.25) is 0 Å². The van der Waals surface area contributed by atoms with Gasteiger partial charge >= 0.3 is 6.18 Å². The Morgan fingerprint density at radius 1 is 0.949 bits per heavy atom. The van der Waals surface area contributed by atoms with E-state index in [9.17, 15) is 13.2 Å². The van der Waals surface area contributed by atoms with Gasteiger partial charge in [-0.25, -0.2) is 4.98 Å². The summed E-state index contributed by atoms with van der Waals surface area (Å²) in [6.45, 7) is 3.25. The highest BCUT2D eigenvalue weighted by Crippen LogP contribution is 2.33. The fraction of sp³-hybridized carbons (Fsp3) is 0.233. The molecule has 1 N–H and O–H groups in total. The SMILES string of the molecule is Cc1ncccc1Nc1cc2nc3ccccc3n(-c3ccc(C(F)(F)F)cc3)c-2c/c1=N\C1CCOCC1. The van der Waals surface area contributed by atoms with Crippen LogP contribution in [0.1, 0.15) is 24.1 Å². The molecule has 3 aromatic rings. The second kappa shape index (κ2) is 10.1. The third kappa shape index (κ3) is 5.09. The number of aromatic nitrogens is 3. The first-order valence-electron chi connectivity index (χ1n) is 12.8. The zero-order valence-electron chi connectivity index (χ0n) is 21.2. The molecule has 0 amide bonds. The lowest BCUT2D eigenvalue weighted by molar-refractivity contribution is -0.137. The van der Waals surface area contributed by atoms with Crippen molar-refractivity contribution in [2.45, 2.75) is 32.0 Å². The summed E-state index contributed by atoms with van der Waals surface area (Å²) < 4.78 is 47.4. The van der Waals surface area contributed by atoms with Crippen LogP contribution in [-0.4, -0.2) is 33.8 Å². The molecule has 3 aliphatic rings. The molecule has 6 rings (SSSR count). The second-order valence-electron chi connectivity index (χ2n) is 9.57. The largest absolute Gasteiger partial charge is 0.416 e. The maximum absolute atomic E-state index is 13.3. The van der Waals surface area contributed by atoms with Crippen molar-refractivity contribution >= 4 is 22.4 Å². The monoisotopic (exact) mass is 529 g/mol. The predicted molar refractivity (Wildman–Crippen MR) is 144 cm³/mol. The minimum atomic E-state index is -4.41. The molecule has 1 aliphatic carbocycles. The summed E-state index contributed by atoms with van der Waals surface area (Å²) in [5, 5.41) is 4.24. The van der Waals surface area contributed by atoms with E-state index in [0.29, 0.717) is 24.6 Å². The van der Waals surface area contributed by atoms with Crippen LogP contribution in [0.4, 0.5) is 24.5 Å². The first-order valence-corrected chi connectivity index (χ1v) is 12.8. The molecule has 1 fully saturated rings. The van der Waals surface area contributed by atoms with Crippen LogP contribution in [0, 0.1) is 6.92 Å². The van der Waals surface area contributed by atoms with E-state index in [1.165, 1.54) is 12.1 Å². The summed E-state index contributed by atoms with van der Waals surface area (Å²) in [6.07, 6.45) is -1.03. The molecule has 1 saturated heterocycles. The molecule has 9 heteroatoms. The maximum Gasteiger partial charge on any atom is 0.416 e. The van der Waals surface area contributed by atoms with Crippen LogP contribution in [0.3, 0.4) is 0 Å². The predicted octanol–water partition coefficient (Wildman–Crippen LogP) is 6.68. The Morgan fingerprint density at radius 3 is 2.46 bits per heavy atom.